The molecule has 0 aliphatic carbocycles. The number of hydrogen-bond acceptors (Lipinski definition) is 4. The number of methoxy groups -OCH3 is 2. The van der Waals surface area contributed by atoms with E-state index in [1.165, 1.54) is 0 Å². The first-order chi connectivity index (χ1) is 11.6. The average Bonchev–Trinajstić information content (AvgIpc) is 2.56. The first-order valence-electron chi connectivity index (χ1n) is 7.60. The fourth-order valence-corrected chi connectivity index (χ4v) is 2.28. The number of carbonyl (C=O) groups excluding carboxylic acids is 1. The molecule has 6 heteroatoms. The molecule has 2 aromatic rings. The molecule has 0 saturated carbocycles. The van der Waals surface area contributed by atoms with Gasteiger partial charge in [0.15, 0.2) is 0 Å². The van der Waals surface area contributed by atoms with Crippen molar-refractivity contribution < 1.29 is 19.0 Å². The van der Waals surface area contributed by atoms with E-state index >= 15 is 0 Å². The third kappa shape index (κ3) is 4.32. The van der Waals surface area contributed by atoms with Crippen LogP contribution in [-0.4, -0.2) is 26.9 Å². The Balaban J connectivity index is 2.11. The molecule has 0 radical (unpaired) electrons. The number of benzene rings is 2. The van der Waals surface area contributed by atoms with E-state index < -0.39 is 0 Å². The van der Waals surface area contributed by atoms with Gasteiger partial charge in [-0.2, -0.15) is 0 Å². The summed E-state index contributed by atoms with van der Waals surface area (Å²) < 4.78 is 16.0. The molecule has 2 N–H and O–H groups in total. The van der Waals surface area contributed by atoms with Gasteiger partial charge >= 0.3 is 6.03 Å². The minimum absolute atomic E-state index is 0.364. The van der Waals surface area contributed by atoms with Crippen LogP contribution in [0.1, 0.15) is 12.5 Å². The van der Waals surface area contributed by atoms with Crippen LogP contribution < -0.4 is 24.8 Å². The second-order valence-electron chi connectivity index (χ2n) is 5.05. The van der Waals surface area contributed by atoms with E-state index in [2.05, 4.69) is 10.6 Å². The van der Waals surface area contributed by atoms with Gasteiger partial charge in [-0.15, -0.1) is 0 Å². The molecule has 128 valence electrons. The Morgan fingerprint density at radius 3 is 2.21 bits per heavy atom. The Morgan fingerprint density at radius 1 is 1.00 bits per heavy atom. The van der Waals surface area contributed by atoms with Gasteiger partial charge in [0.1, 0.15) is 17.2 Å². The second-order valence-corrected chi connectivity index (χ2v) is 5.05. The van der Waals surface area contributed by atoms with Gasteiger partial charge in [-0.05, 0) is 26.0 Å². The Morgan fingerprint density at radius 2 is 1.62 bits per heavy atom. The molecule has 0 spiro atoms. The molecule has 0 atom stereocenters. The predicted octanol–water partition coefficient (Wildman–Crippen LogP) is 4.05. The maximum Gasteiger partial charge on any atom is 0.323 e. The predicted molar refractivity (Wildman–Crippen MR) is 94.5 cm³/mol. The van der Waals surface area contributed by atoms with Gasteiger partial charge in [-0.1, -0.05) is 6.07 Å². The van der Waals surface area contributed by atoms with Crippen molar-refractivity contribution in [1.82, 2.24) is 0 Å². The van der Waals surface area contributed by atoms with Crippen LogP contribution in [0.25, 0.3) is 0 Å². The number of rotatable bonds is 6. The van der Waals surface area contributed by atoms with E-state index in [0.717, 1.165) is 5.56 Å². The van der Waals surface area contributed by atoms with Gasteiger partial charge < -0.3 is 24.8 Å². The van der Waals surface area contributed by atoms with Crippen LogP contribution in [0.5, 0.6) is 17.2 Å². The molecule has 0 aromatic heterocycles. The second kappa shape index (κ2) is 8.10. The normalized spacial score (nSPS) is 10.0. The lowest BCUT2D eigenvalue weighted by Gasteiger charge is -2.14. The molecule has 2 aromatic carbocycles. The van der Waals surface area contributed by atoms with Crippen molar-refractivity contribution in [2.24, 2.45) is 0 Å². The molecular formula is C18H22N2O4. The minimum atomic E-state index is -0.364. The summed E-state index contributed by atoms with van der Waals surface area (Å²) >= 11 is 0. The number of amides is 2. The monoisotopic (exact) mass is 330 g/mol. The smallest absolute Gasteiger partial charge is 0.323 e. The zero-order valence-corrected chi connectivity index (χ0v) is 14.3. The summed E-state index contributed by atoms with van der Waals surface area (Å²) in [7, 11) is 3.15. The van der Waals surface area contributed by atoms with Crippen LogP contribution >= 0.6 is 0 Å². The molecule has 0 heterocycles. The average molecular weight is 330 g/mol. The van der Waals surface area contributed by atoms with E-state index in [-0.39, 0.29) is 6.03 Å². The van der Waals surface area contributed by atoms with E-state index in [1.807, 2.05) is 26.0 Å². The molecule has 24 heavy (non-hydrogen) atoms. The Kier molecular flexibility index (Phi) is 5.89. The number of nitrogens with one attached hydrogen (secondary N) is 2. The molecule has 0 aliphatic rings. The van der Waals surface area contributed by atoms with Crippen LogP contribution in [0.2, 0.25) is 0 Å². The van der Waals surface area contributed by atoms with Crippen molar-refractivity contribution in [2.45, 2.75) is 13.8 Å². The van der Waals surface area contributed by atoms with Gasteiger partial charge in [0.25, 0.3) is 0 Å². The highest BCUT2D eigenvalue weighted by atomic mass is 16.5. The lowest BCUT2D eigenvalue weighted by Crippen LogP contribution is -2.19. The van der Waals surface area contributed by atoms with E-state index in [1.54, 1.807) is 38.5 Å². The topological polar surface area (TPSA) is 68.8 Å². The number of anilines is 2. The highest BCUT2D eigenvalue weighted by Crippen LogP contribution is 2.32. The van der Waals surface area contributed by atoms with E-state index in [4.69, 9.17) is 14.2 Å². The van der Waals surface area contributed by atoms with Crippen molar-refractivity contribution in [3.8, 4) is 17.2 Å². The maximum absolute atomic E-state index is 12.2. The van der Waals surface area contributed by atoms with Crippen LogP contribution in [0.3, 0.4) is 0 Å². The molecule has 0 fully saturated rings. The highest BCUT2D eigenvalue weighted by Gasteiger charge is 2.10. The van der Waals surface area contributed by atoms with Crippen molar-refractivity contribution in [1.29, 1.82) is 0 Å². The van der Waals surface area contributed by atoms with Gasteiger partial charge in [-0.3, -0.25) is 0 Å². The SMILES string of the molecule is CCOc1cccc(NC(=O)Nc2cc(OC)c(C)c(OC)c2)c1. The number of urea groups is 1. The van der Waals surface area contributed by atoms with Crippen molar-refractivity contribution in [3.05, 3.63) is 42.0 Å². The van der Waals surface area contributed by atoms with Crippen LogP contribution in [0, 0.1) is 6.92 Å². The summed E-state index contributed by atoms with van der Waals surface area (Å²) in [4.78, 5) is 12.2. The summed E-state index contributed by atoms with van der Waals surface area (Å²) in [6.07, 6.45) is 0. The van der Waals surface area contributed by atoms with Crippen molar-refractivity contribution in [3.63, 3.8) is 0 Å². The van der Waals surface area contributed by atoms with Gasteiger partial charge in [0.2, 0.25) is 0 Å². The van der Waals surface area contributed by atoms with Crippen LogP contribution in [0.15, 0.2) is 36.4 Å². The standard InChI is InChI=1S/C18H22N2O4/c1-5-24-15-8-6-7-13(9-15)19-18(21)20-14-10-16(22-3)12(2)17(11-14)23-4/h6-11H,5H2,1-4H3,(H2,19,20,21). The molecule has 0 bridgehead atoms. The van der Waals surface area contributed by atoms with Gasteiger partial charge in [-0.25, -0.2) is 4.79 Å². The Labute approximate surface area is 141 Å². The molecule has 2 rings (SSSR count). The summed E-state index contributed by atoms with van der Waals surface area (Å²) in [6, 6.07) is 10.3. The lowest BCUT2D eigenvalue weighted by molar-refractivity contribution is 0.262. The number of carbonyl (C=O) groups is 1. The van der Waals surface area contributed by atoms with Crippen molar-refractivity contribution >= 4 is 17.4 Å². The molecule has 6 nitrogen and oxygen atoms in total. The zero-order valence-electron chi connectivity index (χ0n) is 14.3. The molecule has 2 amide bonds. The highest BCUT2D eigenvalue weighted by molar-refractivity contribution is 6.00. The third-order valence-corrected chi connectivity index (χ3v) is 3.41. The number of hydrogen-bond donors (Lipinski definition) is 2. The number of ether oxygens (including phenoxy) is 3. The Hall–Kier alpha value is -2.89. The van der Waals surface area contributed by atoms with Gasteiger partial charge in [0.05, 0.1) is 20.8 Å². The summed E-state index contributed by atoms with van der Waals surface area (Å²) in [6.45, 7) is 4.37. The third-order valence-electron chi connectivity index (χ3n) is 3.41. The largest absolute Gasteiger partial charge is 0.496 e. The van der Waals surface area contributed by atoms with E-state index in [9.17, 15) is 4.79 Å². The Bertz CT molecular complexity index is 691. The lowest BCUT2D eigenvalue weighted by atomic mass is 10.2. The molecular weight excluding hydrogens is 308 g/mol. The quantitative estimate of drug-likeness (QED) is 0.838. The van der Waals surface area contributed by atoms with Crippen molar-refractivity contribution in [2.75, 3.05) is 31.5 Å². The molecule has 0 unspecified atom stereocenters. The zero-order chi connectivity index (χ0) is 17.5. The van der Waals surface area contributed by atoms with Crippen LogP contribution in [0.4, 0.5) is 16.2 Å². The first-order valence-corrected chi connectivity index (χ1v) is 7.60. The maximum atomic E-state index is 12.2. The fraction of sp³-hybridized carbons (Fsp3) is 0.278. The first kappa shape index (κ1) is 17.5. The summed E-state index contributed by atoms with van der Waals surface area (Å²) in [5.41, 5.74) is 2.09. The van der Waals surface area contributed by atoms with Crippen LogP contribution in [-0.2, 0) is 0 Å². The summed E-state index contributed by atoms with van der Waals surface area (Å²) in [5, 5.41) is 5.53. The molecule has 0 aliphatic heterocycles. The minimum Gasteiger partial charge on any atom is -0.496 e. The van der Waals surface area contributed by atoms with E-state index in [0.29, 0.717) is 35.2 Å². The summed E-state index contributed by atoms with van der Waals surface area (Å²) in [5.74, 6) is 1.99. The van der Waals surface area contributed by atoms with Gasteiger partial charge in [0, 0.05) is 35.1 Å². The fourth-order valence-electron chi connectivity index (χ4n) is 2.28. The molecule has 0 saturated heterocycles.